The summed E-state index contributed by atoms with van der Waals surface area (Å²) < 4.78 is 10.4. The van der Waals surface area contributed by atoms with Crippen molar-refractivity contribution in [1.82, 2.24) is 0 Å². The molecule has 0 unspecified atom stereocenters. The minimum absolute atomic E-state index is 0.140. The molecule has 3 atom stereocenters. The van der Waals surface area contributed by atoms with Gasteiger partial charge in [0.2, 0.25) is 0 Å². The molecule has 0 spiro atoms. The van der Waals surface area contributed by atoms with Crippen molar-refractivity contribution in [2.45, 2.75) is 13.0 Å². The van der Waals surface area contributed by atoms with Gasteiger partial charge in [0, 0.05) is 31.8 Å². The minimum Gasteiger partial charge on any atom is -0.392 e. The molecule has 1 aliphatic rings. The van der Waals surface area contributed by atoms with Gasteiger partial charge >= 0.3 is 0 Å². The lowest BCUT2D eigenvalue weighted by atomic mass is 9.85. The number of hydrogen-bond donors (Lipinski definition) is 1. The number of thioether (sulfide) groups is 1. The molecule has 0 fully saturated rings. The summed E-state index contributed by atoms with van der Waals surface area (Å²) in [5.74, 6) is 1.15. The molecule has 1 N–H and O–H groups in total. The summed E-state index contributed by atoms with van der Waals surface area (Å²) in [6.45, 7) is 3.33. The topological polar surface area (TPSA) is 38.7 Å². The second-order valence-electron chi connectivity index (χ2n) is 3.94. The quantitative estimate of drug-likeness (QED) is 0.797. The molecule has 1 heterocycles. The van der Waals surface area contributed by atoms with Crippen LogP contribution >= 0.6 is 11.8 Å². The smallest absolute Gasteiger partial charge is 0.0690 e. The van der Waals surface area contributed by atoms with Gasteiger partial charge in [-0.25, -0.2) is 0 Å². The highest BCUT2D eigenvalue weighted by Gasteiger charge is 2.31. The van der Waals surface area contributed by atoms with E-state index in [-0.39, 0.29) is 17.9 Å². The monoisotopic (exact) mass is 232 g/mol. The molecule has 1 aliphatic heterocycles. The highest BCUT2D eigenvalue weighted by atomic mass is 32.2. The molecule has 0 bridgehead atoms. The first kappa shape index (κ1) is 13.0. The lowest BCUT2D eigenvalue weighted by Gasteiger charge is -2.28. The lowest BCUT2D eigenvalue weighted by molar-refractivity contribution is 0.0152. The fraction of sp³-hybridized carbons (Fsp3) is 0.818. The molecule has 3 nitrogen and oxygen atoms in total. The molecule has 88 valence electrons. The number of aliphatic hydroxyl groups is 1. The van der Waals surface area contributed by atoms with Gasteiger partial charge in [-0.3, -0.25) is 0 Å². The van der Waals surface area contributed by atoms with Crippen LogP contribution < -0.4 is 0 Å². The predicted octanol–water partition coefficient (Wildman–Crippen LogP) is 1.52. The first-order valence-corrected chi connectivity index (χ1v) is 6.19. The molecule has 0 radical (unpaired) electrons. The Bertz CT molecular complexity index is 218. The number of methoxy groups -OCH3 is 2. The van der Waals surface area contributed by atoms with Crippen LogP contribution in [-0.4, -0.2) is 44.4 Å². The maximum Gasteiger partial charge on any atom is 0.0690 e. The van der Waals surface area contributed by atoms with Crippen molar-refractivity contribution in [3.8, 4) is 0 Å². The second-order valence-corrected chi connectivity index (χ2v) is 4.85. The van der Waals surface area contributed by atoms with Crippen LogP contribution in [0.15, 0.2) is 11.0 Å². The van der Waals surface area contributed by atoms with E-state index in [1.807, 2.05) is 0 Å². The van der Waals surface area contributed by atoms with Crippen molar-refractivity contribution in [1.29, 1.82) is 0 Å². The third-order valence-corrected chi connectivity index (χ3v) is 3.91. The summed E-state index contributed by atoms with van der Waals surface area (Å²) in [7, 11) is 3.37. The Kier molecular flexibility index (Phi) is 5.68. The first-order valence-electron chi connectivity index (χ1n) is 5.15. The standard InChI is InChI=1S/C11H20O3S/c1-8-6-15-7-11(12)10(5-14-3)9(8)4-13-2/h6,9-12H,4-5,7H2,1-3H3/t9-,10-,11+/m0/s1. The zero-order valence-electron chi connectivity index (χ0n) is 9.60. The fourth-order valence-corrected chi connectivity index (χ4v) is 2.93. The molecule has 0 aromatic rings. The molecular formula is C11H20O3S. The van der Waals surface area contributed by atoms with Crippen molar-refractivity contribution >= 4 is 11.8 Å². The third-order valence-electron chi connectivity index (χ3n) is 2.84. The summed E-state index contributed by atoms with van der Waals surface area (Å²) >= 11 is 1.67. The van der Waals surface area contributed by atoms with E-state index >= 15 is 0 Å². The molecule has 0 amide bonds. The summed E-state index contributed by atoms with van der Waals surface area (Å²) in [5.41, 5.74) is 1.28. The highest BCUT2D eigenvalue weighted by Crippen LogP contribution is 2.31. The average Bonchev–Trinajstić information content (AvgIpc) is 2.33. The van der Waals surface area contributed by atoms with Crippen LogP contribution in [0.5, 0.6) is 0 Å². The summed E-state index contributed by atoms with van der Waals surface area (Å²) in [5, 5.41) is 12.1. The van der Waals surface area contributed by atoms with Crippen molar-refractivity contribution < 1.29 is 14.6 Å². The zero-order valence-corrected chi connectivity index (χ0v) is 10.4. The molecular weight excluding hydrogens is 212 g/mol. The number of ether oxygens (including phenoxy) is 2. The molecule has 0 aromatic carbocycles. The number of rotatable bonds is 4. The van der Waals surface area contributed by atoms with E-state index in [0.29, 0.717) is 13.2 Å². The largest absolute Gasteiger partial charge is 0.392 e. The van der Waals surface area contributed by atoms with E-state index in [9.17, 15) is 5.11 Å². The molecule has 0 saturated heterocycles. The van der Waals surface area contributed by atoms with Gasteiger partial charge in [-0.05, 0) is 12.3 Å². The van der Waals surface area contributed by atoms with Gasteiger partial charge in [0.15, 0.2) is 0 Å². The van der Waals surface area contributed by atoms with Crippen LogP contribution in [0.3, 0.4) is 0 Å². The van der Waals surface area contributed by atoms with E-state index in [2.05, 4.69) is 12.3 Å². The van der Waals surface area contributed by atoms with Crippen LogP contribution in [0.1, 0.15) is 6.92 Å². The second kappa shape index (κ2) is 6.53. The maximum absolute atomic E-state index is 10.0. The molecule has 0 aliphatic carbocycles. The van der Waals surface area contributed by atoms with Crippen LogP contribution in [-0.2, 0) is 9.47 Å². The number of aliphatic hydroxyl groups excluding tert-OH is 1. The summed E-state index contributed by atoms with van der Waals surface area (Å²) in [6, 6.07) is 0. The van der Waals surface area contributed by atoms with Gasteiger partial charge in [0.1, 0.15) is 0 Å². The molecule has 1 rings (SSSR count). The lowest BCUT2D eigenvalue weighted by Crippen LogP contribution is -2.35. The average molecular weight is 232 g/mol. The van der Waals surface area contributed by atoms with Crippen LogP contribution in [0.4, 0.5) is 0 Å². The van der Waals surface area contributed by atoms with Crippen molar-refractivity contribution in [2.75, 3.05) is 33.2 Å². The van der Waals surface area contributed by atoms with Crippen LogP contribution in [0.2, 0.25) is 0 Å². The highest BCUT2D eigenvalue weighted by molar-refractivity contribution is 8.02. The van der Waals surface area contributed by atoms with E-state index in [1.165, 1.54) is 5.57 Å². The third kappa shape index (κ3) is 3.48. The Morgan fingerprint density at radius 1 is 1.40 bits per heavy atom. The van der Waals surface area contributed by atoms with Crippen LogP contribution in [0, 0.1) is 11.8 Å². The normalized spacial score (nSPS) is 32.3. The Morgan fingerprint density at radius 3 is 2.67 bits per heavy atom. The van der Waals surface area contributed by atoms with Crippen LogP contribution in [0.25, 0.3) is 0 Å². The van der Waals surface area contributed by atoms with E-state index in [1.54, 1.807) is 26.0 Å². The van der Waals surface area contributed by atoms with Crippen molar-refractivity contribution in [2.24, 2.45) is 11.8 Å². The number of hydrogen-bond acceptors (Lipinski definition) is 4. The fourth-order valence-electron chi connectivity index (χ4n) is 1.95. The van der Waals surface area contributed by atoms with E-state index in [0.717, 1.165) is 5.75 Å². The Labute approximate surface area is 95.8 Å². The van der Waals surface area contributed by atoms with Gasteiger partial charge in [-0.1, -0.05) is 5.57 Å². The molecule has 4 heteroatoms. The van der Waals surface area contributed by atoms with Gasteiger partial charge < -0.3 is 14.6 Å². The SMILES string of the molecule is COC[C@@H]1[C@H](O)CSC=C(C)[C@@H]1COC. The van der Waals surface area contributed by atoms with Gasteiger partial charge in [0.25, 0.3) is 0 Å². The maximum atomic E-state index is 10.0. The van der Waals surface area contributed by atoms with E-state index < -0.39 is 0 Å². The molecule has 0 saturated carbocycles. The minimum atomic E-state index is -0.316. The first-order chi connectivity index (χ1) is 7.20. The van der Waals surface area contributed by atoms with Gasteiger partial charge in [0.05, 0.1) is 19.3 Å². The summed E-state index contributed by atoms with van der Waals surface area (Å²) in [6.07, 6.45) is -0.316. The molecule has 0 aromatic heterocycles. The Hall–Kier alpha value is -0.0300. The van der Waals surface area contributed by atoms with Crippen molar-refractivity contribution in [3.05, 3.63) is 11.0 Å². The predicted molar refractivity (Wildman–Crippen MR) is 63.0 cm³/mol. The van der Waals surface area contributed by atoms with Gasteiger partial charge in [-0.2, -0.15) is 0 Å². The molecule has 15 heavy (non-hydrogen) atoms. The Balaban J connectivity index is 2.77. The Morgan fingerprint density at radius 2 is 2.07 bits per heavy atom. The summed E-state index contributed by atoms with van der Waals surface area (Å²) in [4.78, 5) is 0. The van der Waals surface area contributed by atoms with E-state index in [4.69, 9.17) is 9.47 Å². The van der Waals surface area contributed by atoms with Crippen molar-refractivity contribution in [3.63, 3.8) is 0 Å². The zero-order chi connectivity index (χ0) is 11.3. The van der Waals surface area contributed by atoms with Gasteiger partial charge in [-0.15, -0.1) is 11.8 Å².